The summed E-state index contributed by atoms with van der Waals surface area (Å²) in [5.41, 5.74) is 2.69. The largest absolute Gasteiger partial charge is 0.496 e. The summed E-state index contributed by atoms with van der Waals surface area (Å²) in [6, 6.07) is 16.9. The van der Waals surface area contributed by atoms with Gasteiger partial charge in [0.05, 0.1) is 7.11 Å². The Hall–Kier alpha value is -3.41. The third kappa shape index (κ3) is 5.04. The van der Waals surface area contributed by atoms with Gasteiger partial charge in [-0.3, -0.25) is 9.78 Å². The van der Waals surface area contributed by atoms with Crippen LogP contribution in [0.4, 0.5) is 15.8 Å². The molecule has 5 nitrogen and oxygen atoms in total. The van der Waals surface area contributed by atoms with E-state index in [9.17, 15) is 9.18 Å². The van der Waals surface area contributed by atoms with Crippen LogP contribution in [-0.2, 0) is 6.42 Å². The highest BCUT2D eigenvalue weighted by molar-refractivity contribution is 6.03. The second-order valence-corrected chi connectivity index (χ2v) is 5.88. The van der Waals surface area contributed by atoms with Gasteiger partial charge < -0.3 is 15.4 Å². The number of methoxy groups -OCH3 is 1. The van der Waals surface area contributed by atoms with Crippen LogP contribution >= 0.6 is 0 Å². The Labute approximate surface area is 157 Å². The predicted molar refractivity (Wildman–Crippen MR) is 104 cm³/mol. The lowest BCUT2D eigenvalue weighted by molar-refractivity contribution is 0.102. The monoisotopic (exact) mass is 365 g/mol. The first-order chi connectivity index (χ1) is 13.2. The summed E-state index contributed by atoms with van der Waals surface area (Å²) in [5.74, 6) is 0.149. The van der Waals surface area contributed by atoms with Crippen molar-refractivity contribution in [3.05, 3.63) is 83.9 Å². The molecule has 0 saturated carbocycles. The number of aromatic nitrogens is 1. The average molecular weight is 365 g/mol. The van der Waals surface area contributed by atoms with Gasteiger partial charge in [-0.15, -0.1) is 0 Å². The van der Waals surface area contributed by atoms with E-state index in [1.165, 1.54) is 24.3 Å². The fourth-order valence-electron chi connectivity index (χ4n) is 2.64. The van der Waals surface area contributed by atoms with Crippen molar-refractivity contribution in [2.75, 3.05) is 24.3 Å². The minimum atomic E-state index is -0.354. The predicted octanol–water partition coefficient (Wildman–Crippen LogP) is 4.14. The Kier molecular flexibility index (Phi) is 5.99. The summed E-state index contributed by atoms with van der Waals surface area (Å²) in [7, 11) is 1.65. The molecule has 0 aliphatic rings. The van der Waals surface area contributed by atoms with Gasteiger partial charge in [0.2, 0.25) is 0 Å². The van der Waals surface area contributed by atoms with Crippen LogP contribution in [0.25, 0.3) is 0 Å². The number of benzene rings is 2. The number of amides is 1. The average Bonchev–Trinajstić information content (AvgIpc) is 2.70. The van der Waals surface area contributed by atoms with Crippen molar-refractivity contribution in [1.82, 2.24) is 4.98 Å². The van der Waals surface area contributed by atoms with Crippen LogP contribution in [0.1, 0.15) is 16.1 Å². The molecule has 0 spiro atoms. The quantitative estimate of drug-likeness (QED) is 0.661. The topological polar surface area (TPSA) is 63.2 Å². The van der Waals surface area contributed by atoms with Crippen LogP contribution in [-0.4, -0.2) is 24.5 Å². The Balaban J connectivity index is 1.59. The van der Waals surface area contributed by atoms with Crippen LogP contribution < -0.4 is 15.4 Å². The van der Waals surface area contributed by atoms with Crippen molar-refractivity contribution in [3.63, 3.8) is 0 Å². The molecule has 1 amide bonds. The van der Waals surface area contributed by atoms with Gasteiger partial charge in [-0.1, -0.05) is 18.2 Å². The van der Waals surface area contributed by atoms with Crippen molar-refractivity contribution in [1.29, 1.82) is 0 Å². The summed E-state index contributed by atoms with van der Waals surface area (Å²) in [6.45, 7) is 0.684. The number of para-hydroxylation sites is 1. The lowest BCUT2D eigenvalue weighted by Gasteiger charge is -2.10. The van der Waals surface area contributed by atoms with Gasteiger partial charge in [0.15, 0.2) is 0 Å². The first-order valence-electron chi connectivity index (χ1n) is 8.54. The number of carbonyl (C=O) groups excluding carboxylic acids is 1. The number of rotatable bonds is 7. The fraction of sp³-hybridized carbons (Fsp3) is 0.143. The fourth-order valence-corrected chi connectivity index (χ4v) is 2.64. The second-order valence-electron chi connectivity index (χ2n) is 5.88. The van der Waals surface area contributed by atoms with Gasteiger partial charge in [0, 0.05) is 24.1 Å². The molecule has 0 unspecified atom stereocenters. The van der Waals surface area contributed by atoms with Gasteiger partial charge in [-0.2, -0.15) is 0 Å². The van der Waals surface area contributed by atoms with Gasteiger partial charge >= 0.3 is 0 Å². The lowest BCUT2D eigenvalue weighted by Crippen LogP contribution is -2.14. The normalized spacial score (nSPS) is 10.3. The maximum atomic E-state index is 12.9. The molecule has 138 valence electrons. The molecule has 0 atom stereocenters. The maximum absolute atomic E-state index is 12.9. The van der Waals surface area contributed by atoms with Gasteiger partial charge in [-0.05, 0) is 54.4 Å². The van der Waals surface area contributed by atoms with Crippen LogP contribution in [0, 0.1) is 5.82 Å². The number of hydrogen-bond acceptors (Lipinski definition) is 4. The van der Waals surface area contributed by atoms with E-state index in [1.54, 1.807) is 25.4 Å². The molecule has 2 N–H and O–H groups in total. The molecule has 0 radical (unpaired) electrons. The molecule has 0 aliphatic carbocycles. The Bertz CT molecular complexity index is 913. The van der Waals surface area contributed by atoms with E-state index in [2.05, 4.69) is 15.6 Å². The summed E-state index contributed by atoms with van der Waals surface area (Å²) < 4.78 is 18.3. The number of nitrogens with zero attached hydrogens (tertiary/aromatic N) is 1. The molecule has 2 aromatic carbocycles. The third-order valence-electron chi connectivity index (χ3n) is 4.01. The molecule has 27 heavy (non-hydrogen) atoms. The van der Waals surface area contributed by atoms with E-state index >= 15 is 0 Å². The number of carbonyl (C=O) groups is 1. The molecule has 0 bridgehead atoms. The summed E-state index contributed by atoms with van der Waals surface area (Å²) in [6.07, 6.45) is 2.36. The zero-order chi connectivity index (χ0) is 19.1. The van der Waals surface area contributed by atoms with Crippen molar-refractivity contribution >= 4 is 17.3 Å². The van der Waals surface area contributed by atoms with E-state index in [4.69, 9.17) is 4.74 Å². The van der Waals surface area contributed by atoms with Crippen molar-refractivity contribution in [3.8, 4) is 5.75 Å². The summed E-state index contributed by atoms with van der Waals surface area (Å²) in [5, 5.41) is 5.98. The minimum absolute atomic E-state index is 0.279. The van der Waals surface area contributed by atoms with Crippen LogP contribution in [0.15, 0.2) is 66.9 Å². The van der Waals surface area contributed by atoms with Gasteiger partial charge in [0.25, 0.3) is 5.91 Å². The highest BCUT2D eigenvalue weighted by atomic mass is 19.1. The molecular weight excluding hydrogens is 345 g/mol. The molecule has 6 heteroatoms. The second kappa shape index (κ2) is 8.80. The van der Waals surface area contributed by atoms with E-state index in [0.29, 0.717) is 12.2 Å². The van der Waals surface area contributed by atoms with Gasteiger partial charge in [0.1, 0.15) is 17.3 Å². The van der Waals surface area contributed by atoms with Crippen LogP contribution in [0.3, 0.4) is 0 Å². The molecule has 3 rings (SSSR count). The number of anilines is 2. The molecule has 1 heterocycles. The highest BCUT2D eigenvalue weighted by Crippen LogP contribution is 2.18. The van der Waals surface area contributed by atoms with Crippen molar-refractivity contribution < 1.29 is 13.9 Å². The molecule has 0 fully saturated rings. The van der Waals surface area contributed by atoms with Crippen molar-refractivity contribution in [2.45, 2.75) is 6.42 Å². The maximum Gasteiger partial charge on any atom is 0.274 e. The smallest absolute Gasteiger partial charge is 0.274 e. The Morgan fingerprint density at radius 2 is 1.85 bits per heavy atom. The van der Waals surface area contributed by atoms with Crippen LogP contribution in [0.2, 0.25) is 0 Å². The highest BCUT2D eigenvalue weighted by Gasteiger charge is 2.09. The van der Waals surface area contributed by atoms with E-state index in [0.717, 1.165) is 23.4 Å². The molecule has 0 aliphatic heterocycles. The van der Waals surface area contributed by atoms with Crippen LogP contribution in [0.5, 0.6) is 5.75 Å². The van der Waals surface area contributed by atoms with E-state index in [1.807, 2.05) is 24.3 Å². The zero-order valence-corrected chi connectivity index (χ0v) is 14.9. The standard InChI is InChI=1S/C21H20FN3O2/c1-27-20-5-3-2-4-15(20)10-12-23-18-11-13-24-19(14-18)21(26)25-17-8-6-16(22)7-9-17/h2-9,11,13-14H,10,12H2,1H3,(H,23,24)(H,25,26). The summed E-state index contributed by atoms with van der Waals surface area (Å²) >= 11 is 0. The van der Waals surface area contributed by atoms with E-state index in [-0.39, 0.29) is 17.4 Å². The minimum Gasteiger partial charge on any atom is -0.496 e. The van der Waals surface area contributed by atoms with E-state index < -0.39 is 0 Å². The third-order valence-corrected chi connectivity index (χ3v) is 4.01. The number of hydrogen-bond donors (Lipinski definition) is 2. The Morgan fingerprint density at radius 3 is 2.63 bits per heavy atom. The number of halogens is 1. The molecule has 3 aromatic rings. The summed E-state index contributed by atoms with van der Waals surface area (Å²) in [4.78, 5) is 16.4. The van der Waals surface area contributed by atoms with Gasteiger partial charge in [-0.25, -0.2) is 4.39 Å². The Morgan fingerprint density at radius 1 is 1.07 bits per heavy atom. The molecular formula is C21H20FN3O2. The zero-order valence-electron chi connectivity index (χ0n) is 14.9. The first kappa shape index (κ1) is 18.4. The molecule has 1 aromatic heterocycles. The van der Waals surface area contributed by atoms with Crippen molar-refractivity contribution in [2.24, 2.45) is 0 Å². The lowest BCUT2D eigenvalue weighted by atomic mass is 10.1. The number of ether oxygens (including phenoxy) is 1. The number of nitrogens with one attached hydrogen (secondary N) is 2. The SMILES string of the molecule is COc1ccccc1CCNc1ccnc(C(=O)Nc2ccc(F)cc2)c1. The molecule has 0 saturated heterocycles. The first-order valence-corrected chi connectivity index (χ1v) is 8.54. The number of pyridine rings is 1.